The van der Waals surface area contributed by atoms with E-state index in [1.165, 1.54) is 0 Å². The van der Waals surface area contributed by atoms with Crippen molar-refractivity contribution in [3.05, 3.63) is 95.1 Å². The first kappa shape index (κ1) is 22.1. The molecule has 0 atom stereocenters. The number of benzene rings is 4. The van der Waals surface area contributed by atoms with E-state index in [1.54, 1.807) is 18.2 Å². The fourth-order valence-electron chi connectivity index (χ4n) is 3.63. The summed E-state index contributed by atoms with van der Waals surface area (Å²) in [5.41, 5.74) is 5.65. The van der Waals surface area contributed by atoms with Crippen molar-refractivity contribution in [3.8, 4) is 28.7 Å². The molecule has 0 aliphatic heterocycles. The van der Waals surface area contributed by atoms with Gasteiger partial charge < -0.3 is 25.0 Å². The lowest BCUT2D eigenvalue weighted by molar-refractivity contribution is 0.408. The molecule has 4 aromatic carbocycles. The third-order valence-electron chi connectivity index (χ3n) is 5.85. The number of aromatic hydroxyl groups is 3. The van der Waals surface area contributed by atoms with E-state index in [0.29, 0.717) is 11.5 Å². The number of phenols is 3. The van der Waals surface area contributed by atoms with Gasteiger partial charge in [-0.3, -0.25) is 0 Å². The second kappa shape index (κ2) is 8.79. The smallest absolute Gasteiger partial charge is 0.172 e. The number of rotatable bonds is 5. The van der Waals surface area contributed by atoms with Crippen LogP contribution in [-0.4, -0.2) is 15.3 Å². The summed E-state index contributed by atoms with van der Waals surface area (Å²) in [6, 6.07) is 21.8. The molecule has 0 spiro atoms. The molecular formula is C28H27NO4. The van der Waals surface area contributed by atoms with Gasteiger partial charge in [0.25, 0.3) is 0 Å². The van der Waals surface area contributed by atoms with Crippen LogP contribution in [0, 0.1) is 27.7 Å². The number of aryl methyl sites for hydroxylation is 3. The van der Waals surface area contributed by atoms with Crippen molar-refractivity contribution in [1.82, 2.24) is 0 Å². The maximum absolute atomic E-state index is 10.3. The summed E-state index contributed by atoms with van der Waals surface area (Å²) in [6.45, 7) is 7.55. The summed E-state index contributed by atoms with van der Waals surface area (Å²) in [5.74, 6) is 1.41. The number of hydrogen-bond donors (Lipinski definition) is 3. The first-order valence-corrected chi connectivity index (χ1v) is 10.7. The van der Waals surface area contributed by atoms with Gasteiger partial charge in [-0.1, -0.05) is 24.3 Å². The van der Waals surface area contributed by atoms with Crippen LogP contribution in [0.5, 0.6) is 28.7 Å². The van der Waals surface area contributed by atoms with E-state index in [9.17, 15) is 15.3 Å². The average Bonchev–Trinajstić information content (AvgIpc) is 2.79. The fourth-order valence-corrected chi connectivity index (χ4v) is 3.63. The summed E-state index contributed by atoms with van der Waals surface area (Å²) >= 11 is 0. The lowest BCUT2D eigenvalue weighted by atomic mass is 10.1. The average molecular weight is 442 g/mol. The fraction of sp³-hybridized carbons (Fsp3) is 0.143. The molecule has 0 aliphatic carbocycles. The zero-order valence-corrected chi connectivity index (χ0v) is 19.1. The monoisotopic (exact) mass is 441 g/mol. The van der Waals surface area contributed by atoms with Crippen molar-refractivity contribution >= 4 is 17.1 Å². The van der Waals surface area contributed by atoms with Gasteiger partial charge in [-0.25, -0.2) is 0 Å². The SMILES string of the molecule is Cc1ccc(N(c2cccc(Oc3c(O)ccc(C)c3C)c2)c2ccc(C)c(O)c2)cc1O. The van der Waals surface area contributed by atoms with E-state index in [4.69, 9.17) is 4.74 Å². The van der Waals surface area contributed by atoms with Crippen molar-refractivity contribution in [2.45, 2.75) is 27.7 Å². The lowest BCUT2D eigenvalue weighted by Crippen LogP contribution is -2.10. The first-order chi connectivity index (χ1) is 15.7. The highest BCUT2D eigenvalue weighted by atomic mass is 16.5. The molecule has 0 aromatic heterocycles. The van der Waals surface area contributed by atoms with Crippen LogP contribution in [0.1, 0.15) is 22.3 Å². The zero-order chi connectivity index (χ0) is 23.7. The Morgan fingerprint density at radius 1 is 0.576 bits per heavy atom. The molecule has 4 aromatic rings. The second-order valence-corrected chi connectivity index (χ2v) is 8.23. The summed E-state index contributed by atoms with van der Waals surface area (Å²) in [5, 5.41) is 31.0. The van der Waals surface area contributed by atoms with Gasteiger partial charge in [0, 0.05) is 35.3 Å². The maximum atomic E-state index is 10.3. The first-order valence-electron chi connectivity index (χ1n) is 10.7. The van der Waals surface area contributed by atoms with Gasteiger partial charge >= 0.3 is 0 Å². The third kappa shape index (κ3) is 4.44. The van der Waals surface area contributed by atoms with E-state index in [0.717, 1.165) is 39.3 Å². The summed E-state index contributed by atoms with van der Waals surface area (Å²) in [7, 11) is 0. The van der Waals surface area contributed by atoms with Crippen LogP contribution < -0.4 is 9.64 Å². The van der Waals surface area contributed by atoms with Crippen LogP contribution in [0.4, 0.5) is 17.1 Å². The van der Waals surface area contributed by atoms with E-state index in [1.807, 2.05) is 87.2 Å². The van der Waals surface area contributed by atoms with Gasteiger partial charge in [0.05, 0.1) is 0 Å². The molecule has 0 saturated carbocycles. The Hall–Kier alpha value is -4.12. The Morgan fingerprint density at radius 3 is 1.70 bits per heavy atom. The van der Waals surface area contributed by atoms with Crippen molar-refractivity contribution in [1.29, 1.82) is 0 Å². The Kier molecular flexibility index (Phi) is 5.88. The molecule has 0 radical (unpaired) electrons. The number of nitrogens with zero attached hydrogens (tertiary/aromatic N) is 1. The van der Waals surface area contributed by atoms with E-state index >= 15 is 0 Å². The van der Waals surface area contributed by atoms with Gasteiger partial charge in [-0.2, -0.15) is 0 Å². The van der Waals surface area contributed by atoms with Crippen LogP contribution >= 0.6 is 0 Å². The molecule has 5 nitrogen and oxygen atoms in total. The lowest BCUT2D eigenvalue weighted by Gasteiger charge is -2.26. The largest absolute Gasteiger partial charge is 0.508 e. The Balaban J connectivity index is 1.82. The molecule has 0 unspecified atom stereocenters. The van der Waals surface area contributed by atoms with E-state index in [-0.39, 0.29) is 17.2 Å². The molecule has 0 aliphatic rings. The molecule has 5 heteroatoms. The van der Waals surface area contributed by atoms with Crippen molar-refractivity contribution in [3.63, 3.8) is 0 Å². The van der Waals surface area contributed by atoms with Gasteiger partial charge in [0.1, 0.15) is 17.2 Å². The van der Waals surface area contributed by atoms with Crippen molar-refractivity contribution < 1.29 is 20.1 Å². The van der Waals surface area contributed by atoms with Gasteiger partial charge in [0.2, 0.25) is 0 Å². The van der Waals surface area contributed by atoms with E-state index < -0.39 is 0 Å². The Bertz CT molecular complexity index is 1280. The molecule has 0 bridgehead atoms. The highest BCUT2D eigenvalue weighted by molar-refractivity contribution is 5.79. The number of anilines is 3. The molecule has 3 N–H and O–H groups in total. The maximum Gasteiger partial charge on any atom is 0.172 e. The van der Waals surface area contributed by atoms with Gasteiger partial charge in [0.15, 0.2) is 11.5 Å². The molecule has 0 saturated heterocycles. The molecule has 168 valence electrons. The topological polar surface area (TPSA) is 73.2 Å². The number of hydrogen-bond acceptors (Lipinski definition) is 5. The molecule has 0 amide bonds. The molecule has 4 rings (SSSR count). The predicted octanol–water partition coefficient (Wildman–Crippen LogP) is 7.30. The Labute approximate surface area is 193 Å². The highest BCUT2D eigenvalue weighted by Gasteiger charge is 2.17. The predicted molar refractivity (Wildman–Crippen MR) is 132 cm³/mol. The number of phenolic OH excluding ortho intramolecular Hbond substituents is 3. The Morgan fingerprint density at radius 2 is 1.12 bits per heavy atom. The molecule has 0 heterocycles. The van der Waals surface area contributed by atoms with Crippen LogP contribution in [-0.2, 0) is 0 Å². The summed E-state index contributed by atoms with van der Waals surface area (Å²) in [6.07, 6.45) is 0. The van der Waals surface area contributed by atoms with Crippen LogP contribution in [0.25, 0.3) is 0 Å². The minimum atomic E-state index is 0.0762. The second-order valence-electron chi connectivity index (χ2n) is 8.23. The van der Waals surface area contributed by atoms with Crippen LogP contribution in [0.2, 0.25) is 0 Å². The molecular weight excluding hydrogens is 414 g/mol. The zero-order valence-electron chi connectivity index (χ0n) is 19.1. The van der Waals surface area contributed by atoms with Crippen LogP contribution in [0.3, 0.4) is 0 Å². The van der Waals surface area contributed by atoms with Gasteiger partial charge in [-0.15, -0.1) is 0 Å². The third-order valence-corrected chi connectivity index (χ3v) is 5.85. The van der Waals surface area contributed by atoms with Crippen molar-refractivity contribution in [2.24, 2.45) is 0 Å². The van der Waals surface area contributed by atoms with Gasteiger partial charge in [-0.05, 0) is 80.3 Å². The number of ether oxygens (including phenoxy) is 1. The summed E-state index contributed by atoms with van der Waals surface area (Å²) in [4.78, 5) is 1.92. The standard InChI is InChI=1S/C28H27NO4/c1-17-10-13-25(30)28(20(17)4)33-24-7-5-6-21(14-24)29(22-11-8-18(2)26(31)15-22)23-12-9-19(3)27(32)16-23/h5-16,30-32H,1-4H3. The van der Waals surface area contributed by atoms with E-state index in [2.05, 4.69) is 0 Å². The normalized spacial score (nSPS) is 10.8. The van der Waals surface area contributed by atoms with Crippen molar-refractivity contribution in [2.75, 3.05) is 4.90 Å². The minimum absolute atomic E-state index is 0.0762. The highest BCUT2D eigenvalue weighted by Crippen LogP contribution is 2.41. The van der Waals surface area contributed by atoms with Crippen LogP contribution in [0.15, 0.2) is 72.8 Å². The minimum Gasteiger partial charge on any atom is -0.508 e. The summed E-state index contributed by atoms with van der Waals surface area (Å²) < 4.78 is 6.09. The molecule has 33 heavy (non-hydrogen) atoms. The molecule has 0 fully saturated rings. The quantitative estimate of drug-likeness (QED) is 0.303.